The number of hydrogen-bond acceptors (Lipinski definition) is 3. The van der Waals surface area contributed by atoms with E-state index in [0.29, 0.717) is 6.54 Å². The smallest absolute Gasteiger partial charge is 0.410 e. The topological polar surface area (TPSA) is 49.8 Å². The quantitative estimate of drug-likeness (QED) is 0.785. The van der Waals surface area contributed by atoms with Gasteiger partial charge in [0.2, 0.25) is 0 Å². The summed E-state index contributed by atoms with van der Waals surface area (Å²) >= 11 is 0. The van der Waals surface area contributed by atoms with Crippen LogP contribution in [0, 0.1) is 5.92 Å². The van der Waals surface area contributed by atoms with Crippen LogP contribution in [0.1, 0.15) is 40.0 Å². The van der Waals surface area contributed by atoms with Gasteiger partial charge in [0.05, 0.1) is 0 Å². The maximum atomic E-state index is 12.1. The normalized spacial score (nSPS) is 21.8. The van der Waals surface area contributed by atoms with Gasteiger partial charge in [-0.3, -0.25) is 0 Å². The van der Waals surface area contributed by atoms with Crippen LogP contribution < -0.4 is 0 Å². The average molecular weight is 255 g/mol. The molecule has 4 nitrogen and oxygen atoms in total. The molecule has 1 saturated heterocycles. The number of hydrogen-bond donors (Lipinski definition) is 1. The van der Waals surface area contributed by atoms with Crippen molar-refractivity contribution in [3.05, 3.63) is 12.7 Å². The Kier molecular flexibility index (Phi) is 5.20. The zero-order valence-corrected chi connectivity index (χ0v) is 11.7. The zero-order chi connectivity index (χ0) is 13.8. The van der Waals surface area contributed by atoms with Gasteiger partial charge >= 0.3 is 6.09 Å². The highest BCUT2D eigenvalue weighted by atomic mass is 16.6. The summed E-state index contributed by atoms with van der Waals surface area (Å²) in [5.74, 6) is 0.0671. The lowest BCUT2D eigenvalue weighted by molar-refractivity contribution is 0.0146. The van der Waals surface area contributed by atoms with Crippen LogP contribution in [0.25, 0.3) is 0 Å². The fourth-order valence-electron chi connectivity index (χ4n) is 2.40. The Hall–Kier alpha value is -1.03. The Bertz CT molecular complexity index is 296. The monoisotopic (exact) mass is 255 g/mol. The molecule has 1 heterocycles. The van der Waals surface area contributed by atoms with Crippen molar-refractivity contribution in [2.24, 2.45) is 5.92 Å². The van der Waals surface area contributed by atoms with E-state index < -0.39 is 5.60 Å². The van der Waals surface area contributed by atoms with Crippen molar-refractivity contribution >= 4 is 6.09 Å². The lowest BCUT2D eigenvalue weighted by Crippen LogP contribution is -2.43. The molecule has 0 aromatic carbocycles. The number of amides is 1. The summed E-state index contributed by atoms with van der Waals surface area (Å²) < 4.78 is 5.40. The first kappa shape index (κ1) is 15.0. The van der Waals surface area contributed by atoms with Gasteiger partial charge in [-0.1, -0.05) is 6.08 Å². The van der Waals surface area contributed by atoms with Crippen molar-refractivity contribution in [3.63, 3.8) is 0 Å². The van der Waals surface area contributed by atoms with Crippen LogP contribution >= 0.6 is 0 Å². The summed E-state index contributed by atoms with van der Waals surface area (Å²) in [5, 5.41) is 9.42. The number of ether oxygens (including phenoxy) is 1. The predicted molar refractivity (Wildman–Crippen MR) is 71.4 cm³/mol. The molecular weight excluding hydrogens is 230 g/mol. The number of carbonyl (C=O) groups is 1. The SMILES string of the molecule is C=CC[C@H](CO)[C@@H]1CCCN1C(=O)OC(C)(C)C. The molecule has 1 N–H and O–H groups in total. The van der Waals surface area contributed by atoms with E-state index in [2.05, 4.69) is 6.58 Å². The van der Waals surface area contributed by atoms with Crippen LogP contribution in [0.5, 0.6) is 0 Å². The summed E-state index contributed by atoms with van der Waals surface area (Å²) in [7, 11) is 0. The standard InChI is InChI=1S/C14H25NO3/c1-5-7-11(10-16)12-8-6-9-15(12)13(17)18-14(2,3)4/h5,11-12,16H,1,6-10H2,2-4H3/t11-,12+/m1/s1. The molecule has 1 rings (SSSR count). The Balaban J connectivity index is 2.69. The van der Waals surface area contributed by atoms with E-state index in [1.54, 1.807) is 11.0 Å². The third-order valence-electron chi connectivity index (χ3n) is 3.18. The third kappa shape index (κ3) is 4.02. The van der Waals surface area contributed by atoms with Gasteiger partial charge in [-0.05, 0) is 40.0 Å². The molecule has 0 saturated carbocycles. The first-order valence-electron chi connectivity index (χ1n) is 6.60. The summed E-state index contributed by atoms with van der Waals surface area (Å²) in [5.41, 5.74) is -0.475. The first-order valence-corrected chi connectivity index (χ1v) is 6.60. The Morgan fingerprint density at radius 1 is 1.61 bits per heavy atom. The molecule has 2 atom stereocenters. The van der Waals surface area contributed by atoms with Crippen LogP contribution in [0.15, 0.2) is 12.7 Å². The van der Waals surface area contributed by atoms with Gasteiger partial charge in [-0.15, -0.1) is 6.58 Å². The molecule has 0 aromatic heterocycles. The lowest BCUT2D eigenvalue weighted by atomic mass is 9.95. The van der Waals surface area contributed by atoms with E-state index in [0.717, 1.165) is 19.3 Å². The van der Waals surface area contributed by atoms with E-state index in [1.807, 2.05) is 20.8 Å². The molecule has 4 heteroatoms. The Labute approximate surface area is 110 Å². The highest BCUT2D eigenvalue weighted by Gasteiger charge is 2.36. The van der Waals surface area contributed by atoms with E-state index in [9.17, 15) is 9.90 Å². The fraction of sp³-hybridized carbons (Fsp3) is 0.786. The number of aliphatic hydroxyl groups excluding tert-OH is 1. The van der Waals surface area contributed by atoms with Crippen LogP contribution in [0.2, 0.25) is 0 Å². The van der Waals surface area contributed by atoms with E-state index in [-0.39, 0.29) is 24.7 Å². The van der Waals surface area contributed by atoms with Gasteiger partial charge in [0, 0.05) is 25.1 Å². The van der Waals surface area contributed by atoms with E-state index in [4.69, 9.17) is 4.74 Å². The third-order valence-corrected chi connectivity index (χ3v) is 3.18. The number of nitrogens with zero attached hydrogens (tertiary/aromatic N) is 1. The second-order valence-corrected chi connectivity index (χ2v) is 5.85. The molecule has 1 amide bonds. The molecule has 18 heavy (non-hydrogen) atoms. The van der Waals surface area contributed by atoms with E-state index >= 15 is 0 Å². The van der Waals surface area contributed by atoms with Crippen LogP contribution in [0.4, 0.5) is 4.79 Å². The molecule has 1 aliphatic rings. The molecule has 0 unspecified atom stereocenters. The van der Waals surface area contributed by atoms with Gasteiger partial charge in [-0.2, -0.15) is 0 Å². The molecule has 0 aromatic rings. The first-order chi connectivity index (χ1) is 8.39. The minimum atomic E-state index is -0.475. The lowest BCUT2D eigenvalue weighted by Gasteiger charge is -2.32. The second kappa shape index (κ2) is 6.23. The predicted octanol–water partition coefficient (Wildman–Crippen LogP) is 2.57. The molecular formula is C14H25NO3. The zero-order valence-electron chi connectivity index (χ0n) is 11.7. The van der Waals surface area contributed by atoms with Gasteiger partial charge in [0.25, 0.3) is 0 Å². The molecule has 0 bridgehead atoms. The Morgan fingerprint density at radius 3 is 2.78 bits per heavy atom. The minimum absolute atomic E-state index is 0.0671. The summed E-state index contributed by atoms with van der Waals surface area (Å²) in [6.45, 7) is 10.1. The summed E-state index contributed by atoms with van der Waals surface area (Å²) in [4.78, 5) is 13.9. The average Bonchev–Trinajstić information content (AvgIpc) is 2.72. The molecule has 0 aliphatic carbocycles. The van der Waals surface area contributed by atoms with Crippen molar-refractivity contribution in [2.45, 2.75) is 51.7 Å². The number of allylic oxidation sites excluding steroid dienone is 1. The van der Waals surface area contributed by atoms with Crippen molar-refractivity contribution in [2.75, 3.05) is 13.2 Å². The molecule has 0 spiro atoms. The highest BCUT2D eigenvalue weighted by Crippen LogP contribution is 2.27. The Morgan fingerprint density at radius 2 is 2.28 bits per heavy atom. The number of carbonyl (C=O) groups excluding carboxylic acids is 1. The van der Waals surface area contributed by atoms with Gasteiger partial charge in [-0.25, -0.2) is 4.79 Å². The largest absolute Gasteiger partial charge is 0.444 e. The number of rotatable bonds is 4. The summed E-state index contributed by atoms with van der Waals surface area (Å²) in [6, 6.07) is 0.0721. The van der Waals surface area contributed by atoms with Crippen molar-refractivity contribution in [1.29, 1.82) is 0 Å². The van der Waals surface area contributed by atoms with Gasteiger partial charge < -0.3 is 14.7 Å². The molecule has 0 radical (unpaired) electrons. The van der Waals surface area contributed by atoms with Crippen LogP contribution in [0.3, 0.4) is 0 Å². The van der Waals surface area contributed by atoms with Crippen LogP contribution in [-0.4, -0.2) is 40.9 Å². The highest BCUT2D eigenvalue weighted by molar-refractivity contribution is 5.69. The molecule has 104 valence electrons. The molecule has 1 fully saturated rings. The van der Waals surface area contributed by atoms with Crippen molar-refractivity contribution in [1.82, 2.24) is 4.90 Å². The van der Waals surface area contributed by atoms with Crippen molar-refractivity contribution < 1.29 is 14.6 Å². The fourth-order valence-corrected chi connectivity index (χ4v) is 2.40. The second-order valence-electron chi connectivity index (χ2n) is 5.85. The number of aliphatic hydroxyl groups is 1. The van der Waals surface area contributed by atoms with Crippen molar-refractivity contribution in [3.8, 4) is 0 Å². The maximum absolute atomic E-state index is 12.1. The molecule has 1 aliphatic heterocycles. The van der Waals surface area contributed by atoms with Gasteiger partial charge in [0.1, 0.15) is 5.60 Å². The van der Waals surface area contributed by atoms with Crippen LogP contribution in [-0.2, 0) is 4.74 Å². The minimum Gasteiger partial charge on any atom is -0.444 e. The number of likely N-dealkylation sites (tertiary alicyclic amines) is 1. The van der Waals surface area contributed by atoms with E-state index in [1.165, 1.54) is 0 Å². The summed E-state index contributed by atoms with van der Waals surface area (Å²) in [6.07, 6.45) is 4.15. The maximum Gasteiger partial charge on any atom is 0.410 e. The van der Waals surface area contributed by atoms with Gasteiger partial charge in [0.15, 0.2) is 0 Å².